The molecular weight excluding hydrogens is 230 g/mol. The van der Waals surface area contributed by atoms with Crippen LogP contribution in [0.1, 0.15) is 39.7 Å². The molecule has 2 aromatic carbocycles. The van der Waals surface area contributed by atoms with E-state index in [0.717, 1.165) is 13.0 Å². The third-order valence-electron chi connectivity index (χ3n) is 3.83. The zero-order valence-corrected chi connectivity index (χ0v) is 12.5. The second-order valence-electron chi connectivity index (χ2n) is 6.30. The summed E-state index contributed by atoms with van der Waals surface area (Å²) in [7, 11) is 0. The highest BCUT2D eigenvalue weighted by atomic mass is 14.9. The Morgan fingerprint density at radius 3 is 2.37 bits per heavy atom. The van der Waals surface area contributed by atoms with Crippen LogP contribution in [-0.4, -0.2) is 12.6 Å². The number of hydrogen-bond acceptors (Lipinski definition) is 1. The smallest absolute Gasteiger partial charge is 0.00103 e. The van der Waals surface area contributed by atoms with Crippen LogP contribution in [0.3, 0.4) is 0 Å². The van der Waals surface area contributed by atoms with E-state index >= 15 is 0 Å². The molecule has 0 aromatic heterocycles. The fourth-order valence-corrected chi connectivity index (χ4v) is 2.43. The van der Waals surface area contributed by atoms with Gasteiger partial charge < -0.3 is 5.32 Å². The van der Waals surface area contributed by atoms with Crippen LogP contribution >= 0.6 is 0 Å². The molecule has 0 atom stereocenters. The van der Waals surface area contributed by atoms with Crippen molar-refractivity contribution in [1.82, 2.24) is 5.32 Å². The van der Waals surface area contributed by atoms with Gasteiger partial charge in [0.2, 0.25) is 0 Å². The van der Waals surface area contributed by atoms with E-state index in [-0.39, 0.29) is 5.41 Å². The molecule has 2 rings (SSSR count). The Balaban J connectivity index is 2.17. The first-order valence-corrected chi connectivity index (χ1v) is 7.22. The Morgan fingerprint density at radius 1 is 1.00 bits per heavy atom. The van der Waals surface area contributed by atoms with Crippen LogP contribution in [-0.2, 0) is 5.41 Å². The van der Waals surface area contributed by atoms with Crippen molar-refractivity contribution in [3.8, 4) is 0 Å². The summed E-state index contributed by atoms with van der Waals surface area (Å²) in [6.07, 6.45) is 1.16. The van der Waals surface area contributed by atoms with E-state index in [1.165, 1.54) is 16.3 Å². The average Bonchev–Trinajstić information content (AvgIpc) is 2.37. The summed E-state index contributed by atoms with van der Waals surface area (Å²) in [5.41, 5.74) is 1.64. The van der Waals surface area contributed by atoms with E-state index in [4.69, 9.17) is 0 Å². The molecule has 102 valence electrons. The van der Waals surface area contributed by atoms with Gasteiger partial charge in [-0.05, 0) is 34.7 Å². The van der Waals surface area contributed by atoms with Crippen molar-refractivity contribution < 1.29 is 0 Å². The molecule has 0 aliphatic rings. The van der Waals surface area contributed by atoms with E-state index < -0.39 is 0 Å². The first-order valence-electron chi connectivity index (χ1n) is 7.22. The Hall–Kier alpha value is -1.34. The van der Waals surface area contributed by atoms with Gasteiger partial charge in [0.05, 0.1) is 0 Å². The molecule has 1 nitrogen and oxygen atoms in total. The molecule has 0 spiro atoms. The van der Waals surface area contributed by atoms with Gasteiger partial charge in [0.25, 0.3) is 0 Å². The molecule has 19 heavy (non-hydrogen) atoms. The summed E-state index contributed by atoms with van der Waals surface area (Å²) in [5.74, 6) is 0. The summed E-state index contributed by atoms with van der Waals surface area (Å²) in [4.78, 5) is 0. The fourth-order valence-electron chi connectivity index (χ4n) is 2.43. The number of rotatable bonds is 5. The van der Waals surface area contributed by atoms with Crippen molar-refractivity contribution in [3.05, 3.63) is 48.0 Å². The minimum atomic E-state index is 0.214. The topological polar surface area (TPSA) is 12.0 Å². The highest BCUT2D eigenvalue weighted by Crippen LogP contribution is 2.29. The predicted octanol–water partition coefficient (Wildman–Crippen LogP) is 4.51. The second kappa shape index (κ2) is 5.75. The SMILES string of the molecule is CC(C)NCCC(C)(C)c1ccc2ccccc2c1. The molecule has 0 saturated heterocycles. The van der Waals surface area contributed by atoms with Crippen LogP contribution in [0.5, 0.6) is 0 Å². The van der Waals surface area contributed by atoms with Gasteiger partial charge in [0, 0.05) is 6.04 Å². The summed E-state index contributed by atoms with van der Waals surface area (Å²) >= 11 is 0. The third-order valence-corrected chi connectivity index (χ3v) is 3.83. The molecule has 0 aliphatic heterocycles. The Kier molecular flexibility index (Phi) is 4.26. The van der Waals surface area contributed by atoms with Gasteiger partial charge in [-0.15, -0.1) is 0 Å². The van der Waals surface area contributed by atoms with E-state index in [1.54, 1.807) is 0 Å². The van der Waals surface area contributed by atoms with Crippen LogP contribution in [0.25, 0.3) is 10.8 Å². The maximum Gasteiger partial charge on any atom is 0.00103 e. The van der Waals surface area contributed by atoms with Crippen molar-refractivity contribution in [2.75, 3.05) is 6.54 Å². The van der Waals surface area contributed by atoms with Gasteiger partial charge in [-0.3, -0.25) is 0 Å². The fraction of sp³-hybridized carbons (Fsp3) is 0.444. The molecule has 0 bridgehead atoms. The summed E-state index contributed by atoms with van der Waals surface area (Å²) in [6.45, 7) is 10.1. The van der Waals surface area contributed by atoms with Gasteiger partial charge >= 0.3 is 0 Å². The first kappa shape index (κ1) is 14.1. The van der Waals surface area contributed by atoms with Crippen LogP contribution in [0.4, 0.5) is 0 Å². The summed E-state index contributed by atoms with van der Waals surface area (Å²) in [5, 5.41) is 6.17. The van der Waals surface area contributed by atoms with Crippen molar-refractivity contribution in [1.29, 1.82) is 0 Å². The van der Waals surface area contributed by atoms with Crippen molar-refractivity contribution in [2.24, 2.45) is 0 Å². The molecule has 0 fully saturated rings. The summed E-state index contributed by atoms with van der Waals surface area (Å²) < 4.78 is 0. The molecule has 0 heterocycles. The molecule has 0 radical (unpaired) electrons. The molecule has 0 unspecified atom stereocenters. The first-order chi connectivity index (χ1) is 8.99. The Morgan fingerprint density at radius 2 is 1.68 bits per heavy atom. The van der Waals surface area contributed by atoms with E-state index in [2.05, 4.69) is 75.5 Å². The lowest BCUT2D eigenvalue weighted by Crippen LogP contribution is -2.29. The van der Waals surface area contributed by atoms with E-state index in [9.17, 15) is 0 Å². The van der Waals surface area contributed by atoms with Gasteiger partial charge in [-0.25, -0.2) is 0 Å². The largest absolute Gasteiger partial charge is 0.315 e. The molecule has 1 N–H and O–H groups in total. The lowest BCUT2D eigenvalue weighted by molar-refractivity contribution is 0.442. The maximum atomic E-state index is 3.51. The Labute approximate surface area is 117 Å². The van der Waals surface area contributed by atoms with Gasteiger partial charge in [-0.1, -0.05) is 70.2 Å². The van der Waals surface area contributed by atoms with Crippen molar-refractivity contribution in [3.63, 3.8) is 0 Å². The average molecular weight is 255 g/mol. The van der Waals surface area contributed by atoms with Crippen LogP contribution in [0, 0.1) is 0 Å². The predicted molar refractivity (Wildman–Crippen MR) is 84.7 cm³/mol. The zero-order valence-electron chi connectivity index (χ0n) is 12.5. The highest BCUT2D eigenvalue weighted by molar-refractivity contribution is 5.83. The number of nitrogens with one attached hydrogen (secondary N) is 1. The number of fused-ring (bicyclic) bond motifs is 1. The van der Waals surface area contributed by atoms with E-state index in [1.807, 2.05) is 0 Å². The van der Waals surface area contributed by atoms with Crippen LogP contribution in [0.2, 0.25) is 0 Å². The molecular formula is C18H25N. The van der Waals surface area contributed by atoms with Gasteiger partial charge in [0.15, 0.2) is 0 Å². The third kappa shape index (κ3) is 3.57. The molecule has 0 saturated carbocycles. The zero-order chi connectivity index (χ0) is 13.9. The van der Waals surface area contributed by atoms with Gasteiger partial charge in [-0.2, -0.15) is 0 Å². The standard InChI is InChI=1S/C18H25N/c1-14(2)19-12-11-18(3,4)17-10-9-15-7-5-6-8-16(15)13-17/h5-10,13-14,19H,11-12H2,1-4H3. The Bertz CT molecular complexity index is 540. The molecule has 0 aliphatic carbocycles. The summed E-state index contributed by atoms with van der Waals surface area (Å²) in [6, 6.07) is 16.0. The highest BCUT2D eigenvalue weighted by Gasteiger charge is 2.20. The molecule has 2 aromatic rings. The molecule has 1 heteroatoms. The van der Waals surface area contributed by atoms with Crippen molar-refractivity contribution >= 4 is 10.8 Å². The van der Waals surface area contributed by atoms with Crippen LogP contribution in [0.15, 0.2) is 42.5 Å². The lowest BCUT2D eigenvalue weighted by atomic mass is 9.81. The van der Waals surface area contributed by atoms with Gasteiger partial charge in [0.1, 0.15) is 0 Å². The number of hydrogen-bond donors (Lipinski definition) is 1. The molecule has 0 amide bonds. The number of benzene rings is 2. The second-order valence-corrected chi connectivity index (χ2v) is 6.30. The van der Waals surface area contributed by atoms with E-state index in [0.29, 0.717) is 6.04 Å². The normalized spacial score (nSPS) is 12.3. The monoisotopic (exact) mass is 255 g/mol. The minimum absolute atomic E-state index is 0.214. The maximum absolute atomic E-state index is 3.51. The van der Waals surface area contributed by atoms with Crippen LogP contribution < -0.4 is 5.32 Å². The lowest BCUT2D eigenvalue weighted by Gasteiger charge is -2.26. The quantitative estimate of drug-likeness (QED) is 0.829. The van der Waals surface area contributed by atoms with Crippen molar-refractivity contribution in [2.45, 2.75) is 45.6 Å². The minimum Gasteiger partial charge on any atom is -0.315 e.